The molecule has 7 nitrogen and oxygen atoms in total. The van der Waals surface area contributed by atoms with Gasteiger partial charge in [0.2, 0.25) is 0 Å². The van der Waals surface area contributed by atoms with Crippen LogP contribution in [-0.2, 0) is 0 Å². The summed E-state index contributed by atoms with van der Waals surface area (Å²) in [6.45, 7) is 1.58. The van der Waals surface area contributed by atoms with Crippen LogP contribution in [0.3, 0.4) is 0 Å². The Labute approximate surface area is 144 Å². The Morgan fingerprint density at radius 3 is 2.64 bits per heavy atom. The second-order valence-corrected chi connectivity index (χ2v) is 6.26. The number of H-pyrrole nitrogens is 1. The zero-order chi connectivity index (χ0) is 18.1. The molecule has 0 radical (unpaired) electrons. The normalized spacial score (nSPS) is 11.2. The first-order valence-electron chi connectivity index (χ1n) is 7.15. The molecule has 3 rings (SSSR count). The maximum atomic E-state index is 12.2. The molecule has 0 aliphatic rings. The highest BCUT2D eigenvalue weighted by Crippen LogP contribution is 2.27. The molecule has 0 aliphatic carbocycles. The first-order chi connectivity index (χ1) is 11.9. The number of thiophene rings is 1. The van der Waals surface area contributed by atoms with Crippen molar-refractivity contribution >= 4 is 45.6 Å². The lowest BCUT2D eigenvalue weighted by molar-refractivity contribution is 0.0688. The Morgan fingerprint density at radius 2 is 1.96 bits per heavy atom. The predicted octanol–water partition coefficient (Wildman–Crippen LogP) is 2.86. The number of nitrogens with one attached hydrogen (secondary N) is 1. The van der Waals surface area contributed by atoms with E-state index in [1.807, 2.05) is 0 Å². The van der Waals surface area contributed by atoms with Gasteiger partial charge >= 0.3 is 11.9 Å². The van der Waals surface area contributed by atoms with E-state index < -0.39 is 17.5 Å². The molecule has 3 aromatic rings. The van der Waals surface area contributed by atoms with Gasteiger partial charge in [-0.25, -0.2) is 14.6 Å². The zero-order valence-electron chi connectivity index (χ0n) is 12.9. The number of fused-ring (bicyclic) bond motifs is 1. The molecule has 8 heteroatoms. The number of rotatable bonds is 4. The molecule has 0 amide bonds. The van der Waals surface area contributed by atoms with Crippen LogP contribution in [0.4, 0.5) is 0 Å². The van der Waals surface area contributed by atoms with Crippen LogP contribution in [-0.4, -0.2) is 32.1 Å². The lowest BCUT2D eigenvalue weighted by Crippen LogP contribution is -2.09. The van der Waals surface area contributed by atoms with Crippen molar-refractivity contribution in [1.82, 2.24) is 9.97 Å². The van der Waals surface area contributed by atoms with Gasteiger partial charge in [0.1, 0.15) is 15.5 Å². The Kier molecular flexibility index (Phi) is 4.20. The quantitative estimate of drug-likeness (QED) is 0.661. The number of aromatic amines is 1. The van der Waals surface area contributed by atoms with Crippen molar-refractivity contribution in [1.29, 1.82) is 0 Å². The minimum absolute atomic E-state index is 0.0864. The fourth-order valence-electron chi connectivity index (χ4n) is 2.39. The molecular weight excluding hydrogens is 344 g/mol. The number of benzene rings is 1. The number of carboxylic acids is 2. The fraction of sp³-hybridized carbons (Fsp3) is 0.0588. The molecule has 0 aliphatic heterocycles. The third-order valence-corrected chi connectivity index (χ3v) is 4.75. The van der Waals surface area contributed by atoms with Gasteiger partial charge in [0.15, 0.2) is 0 Å². The minimum atomic E-state index is -1.09. The molecule has 3 N–H and O–H groups in total. The van der Waals surface area contributed by atoms with Crippen LogP contribution in [0.25, 0.3) is 22.4 Å². The number of carbonyl (C=O) groups is 2. The van der Waals surface area contributed by atoms with Crippen LogP contribution in [0.2, 0.25) is 0 Å². The summed E-state index contributed by atoms with van der Waals surface area (Å²) >= 11 is 0.946. The third kappa shape index (κ3) is 3.20. The number of aromatic nitrogens is 2. The Bertz CT molecular complexity index is 1090. The summed E-state index contributed by atoms with van der Waals surface area (Å²) in [5, 5.41) is 18.4. The first kappa shape index (κ1) is 16.6. The summed E-state index contributed by atoms with van der Waals surface area (Å²) in [6.07, 6.45) is 3.16. The number of nitrogens with zero attached hydrogens (tertiary/aromatic N) is 1. The summed E-state index contributed by atoms with van der Waals surface area (Å²) in [5.74, 6) is -1.86. The summed E-state index contributed by atoms with van der Waals surface area (Å²) in [7, 11) is 0. The summed E-state index contributed by atoms with van der Waals surface area (Å²) in [4.78, 5) is 41.7. The van der Waals surface area contributed by atoms with Gasteiger partial charge in [0, 0.05) is 0 Å². The van der Waals surface area contributed by atoms with Crippen molar-refractivity contribution < 1.29 is 19.8 Å². The van der Waals surface area contributed by atoms with Gasteiger partial charge in [-0.15, -0.1) is 11.3 Å². The van der Waals surface area contributed by atoms with E-state index in [9.17, 15) is 14.4 Å². The molecule has 0 bridgehead atoms. The van der Waals surface area contributed by atoms with Crippen molar-refractivity contribution in [3.63, 3.8) is 0 Å². The predicted molar refractivity (Wildman–Crippen MR) is 94.3 cm³/mol. The molecule has 0 saturated heterocycles. The third-order valence-electron chi connectivity index (χ3n) is 3.58. The van der Waals surface area contributed by atoms with Gasteiger partial charge in [-0.05, 0) is 36.3 Å². The number of carboxylic acid groups (broad SMARTS) is 2. The smallest absolute Gasteiger partial charge is 0.346 e. The van der Waals surface area contributed by atoms with Crippen LogP contribution < -0.4 is 5.56 Å². The molecular formula is C17H12N2O5S. The second kappa shape index (κ2) is 6.33. The Morgan fingerprint density at radius 1 is 1.20 bits per heavy atom. The van der Waals surface area contributed by atoms with Gasteiger partial charge < -0.3 is 15.2 Å². The second-order valence-electron chi connectivity index (χ2n) is 5.26. The zero-order valence-corrected chi connectivity index (χ0v) is 13.8. The van der Waals surface area contributed by atoms with Crippen LogP contribution in [0.15, 0.2) is 29.1 Å². The number of hydrogen-bond acceptors (Lipinski definition) is 5. The molecule has 0 fully saturated rings. The molecule has 126 valence electrons. The van der Waals surface area contributed by atoms with Gasteiger partial charge in [-0.2, -0.15) is 0 Å². The highest BCUT2D eigenvalue weighted by molar-refractivity contribution is 7.20. The minimum Gasteiger partial charge on any atom is -0.478 e. The number of aromatic carboxylic acids is 2. The van der Waals surface area contributed by atoms with Crippen LogP contribution >= 0.6 is 11.3 Å². The molecule has 2 heterocycles. The lowest BCUT2D eigenvalue weighted by atomic mass is 10.1. The molecule has 0 spiro atoms. The Balaban J connectivity index is 2.02. The fourth-order valence-corrected chi connectivity index (χ4v) is 3.42. The van der Waals surface area contributed by atoms with Gasteiger partial charge in [0.05, 0.1) is 10.9 Å². The maximum absolute atomic E-state index is 12.2. The topological polar surface area (TPSA) is 120 Å². The maximum Gasteiger partial charge on any atom is 0.346 e. The highest BCUT2D eigenvalue weighted by atomic mass is 32.1. The summed E-state index contributed by atoms with van der Waals surface area (Å²) in [6, 6.07) is 6.31. The molecule has 25 heavy (non-hydrogen) atoms. The monoisotopic (exact) mass is 356 g/mol. The largest absolute Gasteiger partial charge is 0.478 e. The lowest BCUT2D eigenvalue weighted by Gasteiger charge is -1.98. The van der Waals surface area contributed by atoms with E-state index >= 15 is 0 Å². The highest BCUT2D eigenvalue weighted by Gasteiger charge is 2.18. The van der Waals surface area contributed by atoms with Crippen molar-refractivity contribution in [2.24, 2.45) is 0 Å². The Hall–Kier alpha value is -3.26. The van der Waals surface area contributed by atoms with Crippen molar-refractivity contribution in [2.75, 3.05) is 0 Å². The van der Waals surface area contributed by atoms with E-state index in [1.165, 1.54) is 18.2 Å². The summed E-state index contributed by atoms with van der Waals surface area (Å²) < 4.78 is 0. The van der Waals surface area contributed by atoms with Crippen LogP contribution in [0, 0.1) is 6.92 Å². The average molecular weight is 356 g/mol. The van der Waals surface area contributed by atoms with Crippen LogP contribution in [0.5, 0.6) is 0 Å². The van der Waals surface area contributed by atoms with E-state index in [2.05, 4.69) is 9.97 Å². The van der Waals surface area contributed by atoms with Gasteiger partial charge in [-0.3, -0.25) is 4.79 Å². The SMILES string of the molecule is Cc1c(C(=O)O)sc2nc(/C=C/c3cccc(C(=O)O)c3)[nH]c(=O)c12. The van der Waals surface area contributed by atoms with Crippen LogP contribution in [0.1, 0.15) is 37.0 Å². The van der Waals surface area contributed by atoms with E-state index in [1.54, 1.807) is 25.1 Å². The first-order valence-corrected chi connectivity index (χ1v) is 7.96. The van der Waals surface area contributed by atoms with E-state index in [0.717, 1.165) is 11.3 Å². The molecule has 0 atom stereocenters. The van der Waals surface area contributed by atoms with E-state index in [4.69, 9.17) is 10.2 Å². The van der Waals surface area contributed by atoms with E-state index in [0.29, 0.717) is 16.0 Å². The van der Waals surface area contributed by atoms with Gasteiger partial charge in [0.25, 0.3) is 5.56 Å². The number of aryl methyl sites for hydroxylation is 1. The van der Waals surface area contributed by atoms with E-state index in [-0.39, 0.29) is 21.7 Å². The van der Waals surface area contributed by atoms with Crippen molar-refractivity contribution in [3.05, 3.63) is 62.0 Å². The molecule has 1 aromatic carbocycles. The average Bonchev–Trinajstić information content (AvgIpc) is 2.90. The number of hydrogen-bond donors (Lipinski definition) is 3. The molecule has 0 unspecified atom stereocenters. The molecule has 2 aromatic heterocycles. The van der Waals surface area contributed by atoms with Crippen molar-refractivity contribution in [2.45, 2.75) is 6.92 Å². The molecule has 0 saturated carbocycles. The van der Waals surface area contributed by atoms with Gasteiger partial charge in [-0.1, -0.05) is 18.2 Å². The standard InChI is InChI=1S/C17H12N2O5S/c1-8-12-14(20)18-11(19-15(12)25-13(8)17(23)24)6-5-9-3-2-4-10(7-9)16(21)22/h2-7H,1H3,(H,21,22)(H,23,24)(H,18,19,20)/b6-5+. The van der Waals surface area contributed by atoms with Crippen molar-refractivity contribution in [3.8, 4) is 0 Å². The summed E-state index contributed by atoms with van der Waals surface area (Å²) in [5.41, 5.74) is 0.770.